The number of benzene rings is 2. The highest BCUT2D eigenvalue weighted by molar-refractivity contribution is 6.40. The first-order valence-electron chi connectivity index (χ1n) is 9.65. The number of amides is 2. The molecule has 0 bridgehead atoms. The van der Waals surface area contributed by atoms with Gasteiger partial charge in [0, 0.05) is 22.4 Å². The smallest absolute Gasteiger partial charge is 0.355 e. The van der Waals surface area contributed by atoms with Crippen LogP contribution in [0, 0.1) is 11.3 Å². The number of nitrogens with zero attached hydrogens (tertiary/aromatic N) is 2. The van der Waals surface area contributed by atoms with Gasteiger partial charge in [-0.2, -0.15) is 0 Å². The minimum absolute atomic E-state index is 0.120. The predicted octanol–water partition coefficient (Wildman–Crippen LogP) is 4.12. The lowest BCUT2D eigenvalue weighted by Crippen LogP contribution is -2.40. The molecule has 0 aliphatic carbocycles. The number of anilines is 1. The zero-order chi connectivity index (χ0) is 21.7. The van der Waals surface area contributed by atoms with Crippen LogP contribution in [0.1, 0.15) is 32.8 Å². The summed E-state index contributed by atoms with van der Waals surface area (Å²) >= 11 is 5.94. The molecule has 2 atom stereocenters. The Morgan fingerprint density at radius 2 is 1.67 bits per heavy atom. The van der Waals surface area contributed by atoms with Crippen LogP contribution in [0.5, 0.6) is 0 Å². The Morgan fingerprint density at radius 3 is 2.23 bits per heavy atom. The maximum Gasteiger partial charge on any atom is 0.355 e. The minimum atomic E-state index is -1.57. The first kappa shape index (κ1) is 20.3. The topological polar surface area (TPSA) is 76.0 Å². The van der Waals surface area contributed by atoms with E-state index in [0.29, 0.717) is 16.3 Å². The monoisotopic (exact) mass is 424 g/mol. The normalized spacial score (nSPS) is 24.3. The molecule has 0 aromatic heterocycles. The Bertz CT molecular complexity index is 1060. The molecule has 4 rings (SSSR count). The molecule has 2 unspecified atom stereocenters. The molecule has 2 aliphatic rings. The number of rotatable bonds is 3. The zero-order valence-corrected chi connectivity index (χ0v) is 17.6. The van der Waals surface area contributed by atoms with E-state index in [1.54, 1.807) is 48.5 Å². The summed E-state index contributed by atoms with van der Waals surface area (Å²) in [4.78, 5) is 44.9. The number of halogens is 1. The molecular weight excluding hydrogens is 404 g/mol. The molecule has 1 fully saturated rings. The molecule has 7 heteroatoms. The molecule has 2 amide bonds. The van der Waals surface area contributed by atoms with Gasteiger partial charge in [0.25, 0.3) is 0 Å². The van der Waals surface area contributed by atoms with Crippen molar-refractivity contribution < 1.29 is 19.1 Å². The lowest BCUT2D eigenvalue weighted by atomic mass is 9.86. The highest BCUT2D eigenvalue weighted by Crippen LogP contribution is 2.47. The quantitative estimate of drug-likeness (QED) is 0.548. The number of hydrogen-bond donors (Lipinski definition) is 0. The van der Waals surface area contributed by atoms with Gasteiger partial charge < -0.3 is 4.74 Å². The summed E-state index contributed by atoms with van der Waals surface area (Å²) < 4.78 is 5.82. The molecule has 154 valence electrons. The van der Waals surface area contributed by atoms with Gasteiger partial charge in [-0.3, -0.25) is 14.5 Å². The van der Waals surface area contributed by atoms with Crippen LogP contribution in [0.3, 0.4) is 0 Å². The number of imide groups is 1. The third-order valence-electron chi connectivity index (χ3n) is 5.32. The number of cyclic esters (lactones) is 1. The Hall–Kier alpha value is -2.99. The standard InChI is InChI=1S/C23H21ClN2O4/c1-22(2,3)19-21(29)30-23(25-19,14-7-5-4-6-8-14)17-13-18(27)26(20(17)28)16-11-9-15(24)10-12-16/h4-12,17H,13H2,1-3H3. The molecular formula is C23H21ClN2O4. The fourth-order valence-corrected chi connectivity index (χ4v) is 3.97. The van der Waals surface area contributed by atoms with Gasteiger partial charge in [0.15, 0.2) is 0 Å². The lowest BCUT2D eigenvalue weighted by Gasteiger charge is -2.30. The molecule has 6 nitrogen and oxygen atoms in total. The van der Waals surface area contributed by atoms with Crippen molar-refractivity contribution in [2.75, 3.05) is 4.90 Å². The molecule has 2 aromatic rings. The SMILES string of the molecule is CC(C)(C)C1=NC(c2ccccc2)(C2CC(=O)N(c3ccc(Cl)cc3)C2=O)OC1=O. The van der Waals surface area contributed by atoms with Crippen LogP contribution in [0.25, 0.3) is 0 Å². The number of carbonyl (C=O) groups excluding carboxylic acids is 3. The summed E-state index contributed by atoms with van der Waals surface area (Å²) in [6, 6.07) is 15.4. The van der Waals surface area contributed by atoms with E-state index in [1.807, 2.05) is 26.8 Å². The summed E-state index contributed by atoms with van der Waals surface area (Å²) in [5, 5.41) is 0.499. The Morgan fingerprint density at radius 1 is 1.03 bits per heavy atom. The van der Waals surface area contributed by atoms with Crippen molar-refractivity contribution in [3.05, 3.63) is 65.2 Å². The van der Waals surface area contributed by atoms with Crippen molar-refractivity contribution in [2.24, 2.45) is 16.3 Å². The number of hydrogen-bond acceptors (Lipinski definition) is 5. The first-order valence-corrected chi connectivity index (χ1v) is 10.0. The Balaban J connectivity index is 1.83. The molecule has 0 N–H and O–H groups in total. The van der Waals surface area contributed by atoms with Gasteiger partial charge in [-0.1, -0.05) is 62.7 Å². The number of carbonyl (C=O) groups is 3. The highest BCUT2D eigenvalue weighted by Gasteiger charge is 2.59. The zero-order valence-electron chi connectivity index (χ0n) is 16.9. The fraction of sp³-hybridized carbons (Fsp3) is 0.304. The second kappa shape index (κ2) is 7.06. The van der Waals surface area contributed by atoms with Crippen LogP contribution in [0.15, 0.2) is 59.6 Å². The Kier molecular flexibility index (Phi) is 4.77. The average Bonchev–Trinajstić information content (AvgIpc) is 3.21. The molecule has 30 heavy (non-hydrogen) atoms. The van der Waals surface area contributed by atoms with Crippen LogP contribution in [-0.4, -0.2) is 23.5 Å². The average molecular weight is 425 g/mol. The van der Waals surface area contributed by atoms with Gasteiger partial charge in [-0.15, -0.1) is 0 Å². The van der Waals surface area contributed by atoms with E-state index in [9.17, 15) is 14.4 Å². The largest absolute Gasteiger partial charge is 0.427 e. The van der Waals surface area contributed by atoms with Crippen molar-refractivity contribution in [1.29, 1.82) is 0 Å². The summed E-state index contributed by atoms with van der Waals surface area (Å²) in [5.74, 6) is -2.38. The van der Waals surface area contributed by atoms with Crippen molar-refractivity contribution >= 4 is 40.8 Å². The molecule has 0 spiro atoms. The van der Waals surface area contributed by atoms with Crippen LogP contribution in [0.2, 0.25) is 5.02 Å². The lowest BCUT2D eigenvalue weighted by molar-refractivity contribution is -0.156. The van der Waals surface area contributed by atoms with E-state index in [1.165, 1.54) is 0 Å². The third kappa shape index (κ3) is 3.21. The molecule has 0 saturated carbocycles. The van der Waals surface area contributed by atoms with Crippen molar-refractivity contribution in [3.8, 4) is 0 Å². The Labute approximate surface area is 179 Å². The van der Waals surface area contributed by atoms with Gasteiger partial charge in [0.05, 0.1) is 5.69 Å². The number of ether oxygens (including phenoxy) is 1. The summed E-state index contributed by atoms with van der Waals surface area (Å²) in [6.07, 6.45) is -0.120. The molecule has 1 saturated heterocycles. The maximum absolute atomic E-state index is 13.4. The van der Waals surface area contributed by atoms with Crippen LogP contribution >= 0.6 is 11.6 Å². The van der Waals surface area contributed by atoms with Gasteiger partial charge in [-0.25, -0.2) is 9.79 Å². The van der Waals surface area contributed by atoms with Gasteiger partial charge >= 0.3 is 5.97 Å². The molecule has 2 heterocycles. The van der Waals surface area contributed by atoms with E-state index < -0.39 is 28.9 Å². The second-order valence-corrected chi connectivity index (χ2v) is 8.90. The summed E-state index contributed by atoms with van der Waals surface area (Å²) in [5.41, 5.74) is -0.924. The number of aliphatic imine (C=N–C) groups is 1. The van der Waals surface area contributed by atoms with Crippen molar-refractivity contribution in [1.82, 2.24) is 0 Å². The van der Waals surface area contributed by atoms with E-state index >= 15 is 0 Å². The van der Waals surface area contributed by atoms with Crippen LogP contribution < -0.4 is 4.90 Å². The van der Waals surface area contributed by atoms with Crippen molar-refractivity contribution in [2.45, 2.75) is 32.9 Å². The predicted molar refractivity (Wildman–Crippen MR) is 113 cm³/mol. The van der Waals surface area contributed by atoms with Crippen molar-refractivity contribution in [3.63, 3.8) is 0 Å². The second-order valence-electron chi connectivity index (χ2n) is 8.46. The summed E-state index contributed by atoms with van der Waals surface area (Å²) in [7, 11) is 0. The summed E-state index contributed by atoms with van der Waals surface area (Å²) in [6.45, 7) is 5.57. The highest BCUT2D eigenvalue weighted by atomic mass is 35.5. The van der Waals surface area contributed by atoms with E-state index in [-0.39, 0.29) is 18.0 Å². The molecule has 2 aromatic carbocycles. The fourth-order valence-electron chi connectivity index (χ4n) is 3.85. The van der Waals surface area contributed by atoms with Crippen LogP contribution in [-0.2, 0) is 24.8 Å². The van der Waals surface area contributed by atoms with Gasteiger partial charge in [0.1, 0.15) is 11.6 Å². The molecule has 2 aliphatic heterocycles. The number of esters is 1. The van der Waals surface area contributed by atoms with Crippen LogP contribution in [0.4, 0.5) is 5.69 Å². The van der Waals surface area contributed by atoms with E-state index in [0.717, 1.165) is 4.90 Å². The van der Waals surface area contributed by atoms with Gasteiger partial charge in [-0.05, 0) is 24.3 Å². The molecule has 0 radical (unpaired) electrons. The third-order valence-corrected chi connectivity index (χ3v) is 5.57. The van der Waals surface area contributed by atoms with E-state index in [4.69, 9.17) is 16.3 Å². The minimum Gasteiger partial charge on any atom is -0.427 e. The van der Waals surface area contributed by atoms with Gasteiger partial charge in [0.2, 0.25) is 17.5 Å². The van der Waals surface area contributed by atoms with E-state index in [2.05, 4.69) is 4.99 Å². The maximum atomic E-state index is 13.4. The first-order chi connectivity index (χ1) is 14.1.